The van der Waals surface area contributed by atoms with Crippen LogP contribution in [-0.2, 0) is 17.8 Å². The second kappa shape index (κ2) is 7.91. The van der Waals surface area contributed by atoms with Crippen molar-refractivity contribution in [3.63, 3.8) is 0 Å². The van der Waals surface area contributed by atoms with Crippen LogP contribution in [0.4, 0.5) is 5.95 Å². The van der Waals surface area contributed by atoms with E-state index in [1.807, 2.05) is 54.4 Å². The zero-order chi connectivity index (χ0) is 20.5. The summed E-state index contributed by atoms with van der Waals surface area (Å²) in [4.78, 5) is 26.8. The molecule has 154 valence electrons. The molecule has 1 saturated heterocycles. The van der Waals surface area contributed by atoms with Gasteiger partial charge in [0.1, 0.15) is 5.75 Å². The third-order valence-corrected chi connectivity index (χ3v) is 5.63. The largest absolute Gasteiger partial charge is 0.493 e. The number of carbonyl (C=O) groups excluding carboxylic acids is 1. The third-order valence-electron chi connectivity index (χ3n) is 5.63. The maximum absolute atomic E-state index is 13.6. The molecule has 7 heteroatoms. The van der Waals surface area contributed by atoms with Crippen molar-refractivity contribution in [1.29, 1.82) is 0 Å². The van der Waals surface area contributed by atoms with Gasteiger partial charge in [-0.25, -0.2) is 9.97 Å². The topological polar surface area (TPSA) is 67.8 Å². The number of rotatable bonds is 4. The molecule has 2 aromatic carbocycles. The second-order valence-electron chi connectivity index (χ2n) is 7.50. The van der Waals surface area contributed by atoms with Gasteiger partial charge in [-0.15, -0.1) is 0 Å². The zero-order valence-corrected chi connectivity index (χ0v) is 17.0. The predicted octanol–water partition coefficient (Wildman–Crippen LogP) is 3.02. The molecule has 0 radical (unpaired) electrons. The van der Waals surface area contributed by atoms with E-state index in [2.05, 4.69) is 9.88 Å². The molecule has 2 aliphatic rings. The lowest BCUT2D eigenvalue weighted by Gasteiger charge is -2.26. The molecule has 2 aliphatic heterocycles. The molecule has 30 heavy (non-hydrogen) atoms. The maximum atomic E-state index is 13.6. The SMILES string of the molecule is CCOc1ccc2ccccc2c1C(=O)N1Cc2cnc(N3CCOCC3)nc2C1. The number of benzene rings is 2. The summed E-state index contributed by atoms with van der Waals surface area (Å²) < 4.78 is 11.2. The lowest BCUT2D eigenvalue weighted by molar-refractivity contribution is 0.0748. The van der Waals surface area contributed by atoms with Gasteiger partial charge in [0.25, 0.3) is 5.91 Å². The summed E-state index contributed by atoms with van der Waals surface area (Å²) in [5.74, 6) is 1.30. The predicted molar refractivity (Wildman–Crippen MR) is 114 cm³/mol. The first kappa shape index (κ1) is 18.8. The molecule has 0 unspecified atom stereocenters. The van der Waals surface area contributed by atoms with Crippen LogP contribution in [0.15, 0.2) is 42.6 Å². The van der Waals surface area contributed by atoms with E-state index in [9.17, 15) is 4.79 Å². The van der Waals surface area contributed by atoms with Crippen molar-refractivity contribution in [3.05, 3.63) is 59.4 Å². The van der Waals surface area contributed by atoms with Crippen molar-refractivity contribution in [1.82, 2.24) is 14.9 Å². The molecule has 3 aromatic rings. The maximum Gasteiger partial charge on any atom is 0.258 e. The molecule has 5 rings (SSSR count). The minimum absolute atomic E-state index is 0.0406. The Labute approximate surface area is 175 Å². The Morgan fingerprint density at radius 1 is 1.13 bits per heavy atom. The average molecular weight is 404 g/mol. The van der Waals surface area contributed by atoms with E-state index < -0.39 is 0 Å². The van der Waals surface area contributed by atoms with Crippen LogP contribution < -0.4 is 9.64 Å². The summed E-state index contributed by atoms with van der Waals surface area (Å²) in [6.45, 7) is 6.36. The quantitative estimate of drug-likeness (QED) is 0.666. The Morgan fingerprint density at radius 3 is 2.80 bits per heavy atom. The summed E-state index contributed by atoms with van der Waals surface area (Å²) in [7, 11) is 0. The Morgan fingerprint density at radius 2 is 1.97 bits per heavy atom. The second-order valence-corrected chi connectivity index (χ2v) is 7.50. The number of aromatic nitrogens is 2. The summed E-state index contributed by atoms with van der Waals surface area (Å²) in [6, 6.07) is 11.8. The van der Waals surface area contributed by atoms with Gasteiger partial charge in [-0.2, -0.15) is 0 Å². The van der Waals surface area contributed by atoms with Crippen LogP contribution in [0.3, 0.4) is 0 Å². The fourth-order valence-electron chi connectivity index (χ4n) is 4.11. The molecule has 0 N–H and O–H groups in total. The normalized spacial score (nSPS) is 16.0. The molecule has 0 spiro atoms. The molecule has 1 amide bonds. The fourth-order valence-corrected chi connectivity index (χ4v) is 4.11. The van der Waals surface area contributed by atoms with Crippen molar-refractivity contribution in [2.24, 2.45) is 0 Å². The monoisotopic (exact) mass is 404 g/mol. The molecule has 3 heterocycles. The van der Waals surface area contributed by atoms with E-state index in [0.717, 1.165) is 35.1 Å². The van der Waals surface area contributed by atoms with E-state index in [4.69, 9.17) is 14.5 Å². The first-order valence-electron chi connectivity index (χ1n) is 10.4. The van der Waals surface area contributed by atoms with Crippen molar-refractivity contribution < 1.29 is 14.3 Å². The molecule has 0 bridgehead atoms. The fraction of sp³-hybridized carbons (Fsp3) is 0.348. The highest BCUT2D eigenvalue weighted by Crippen LogP contribution is 2.32. The number of hydrogen-bond acceptors (Lipinski definition) is 6. The number of amides is 1. The zero-order valence-electron chi connectivity index (χ0n) is 17.0. The Bertz CT molecular complexity index is 1090. The number of carbonyl (C=O) groups is 1. The standard InChI is InChI=1S/C23H24N4O3/c1-2-30-20-8-7-16-5-3-4-6-18(16)21(20)22(28)27-14-17-13-24-23(25-19(17)15-27)26-9-11-29-12-10-26/h3-8,13H,2,9-12,14-15H2,1H3. The Balaban J connectivity index is 1.45. The van der Waals surface area contributed by atoms with E-state index in [1.165, 1.54) is 0 Å². The third kappa shape index (κ3) is 3.35. The molecular formula is C23H24N4O3. The van der Waals surface area contributed by atoms with Crippen LogP contribution in [0, 0.1) is 0 Å². The number of hydrogen-bond donors (Lipinski definition) is 0. The number of nitrogens with zero attached hydrogens (tertiary/aromatic N) is 4. The van der Waals surface area contributed by atoms with Gasteiger partial charge in [-0.1, -0.05) is 30.3 Å². The van der Waals surface area contributed by atoms with Gasteiger partial charge in [0.05, 0.1) is 37.6 Å². The highest BCUT2D eigenvalue weighted by Gasteiger charge is 2.30. The first-order valence-corrected chi connectivity index (χ1v) is 10.4. The van der Waals surface area contributed by atoms with Gasteiger partial charge in [-0.05, 0) is 23.8 Å². The first-order chi connectivity index (χ1) is 14.7. The van der Waals surface area contributed by atoms with E-state index in [0.29, 0.717) is 50.2 Å². The van der Waals surface area contributed by atoms with Gasteiger partial charge in [0, 0.05) is 31.4 Å². The molecule has 1 fully saturated rings. The van der Waals surface area contributed by atoms with Crippen molar-refractivity contribution >= 4 is 22.6 Å². The van der Waals surface area contributed by atoms with Crippen LogP contribution in [0.5, 0.6) is 5.75 Å². The van der Waals surface area contributed by atoms with E-state index in [-0.39, 0.29) is 5.91 Å². The summed E-state index contributed by atoms with van der Waals surface area (Å²) in [6.07, 6.45) is 1.85. The Hall–Kier alpha value is -3.19. The highest BCUT2D eigenvalue weighted by atomic mass is 16.5. The van der Waals surface area contributed by atoms with Gasteiger partial charge < -0.3 is 19.3 Å². The molecule has 0 aliphatic carbocycles. The molecule has 7 nitrogen and oxygen atoms in total. The van der Waals surface area contributed by atoms with Crippen LogP contribution in [-0.4, -0.2) is 53.7 Å². The smallest absolute Gasteiger partial charge is 0.258 e. The molecule has 0 atom stereocenters. The van der Waals surface area contributed by atoms with Gasteiger partial charge >= 0.3 is 0 Å². The molecular weight excluding hydrogens is 380 g/mol. The van der Waals surface area contributed by atoms with E-state index >= 15 is 0 Å². The number of ether oxygens (including phenoxy) is 2. The van der Waals surface area contributed by atoms with Gasteiger partial charge in [0.15, 0.2) is 0 Å². The lowest BCUT2D eigenvalue weighted by atomic mass is 10.0. The highest BCUT2D eigenvalue weighted by molar-refractivity contribution is 6.09. The molecule has 1 aromatic heterocycles. The average Bonchev–Trinajstić information content (AvgIpc) is 3.23. The minimum Gasteiger partial charge on any atom is -0.493 e. The Kier molecular flexibility index (Phi) is 4.96. The van der Waals surface area contributed by atoms with Crippen molar-refractivity contribution in [2.45, 2.75) is 20.0 Å². The lowest BCUT2D eigenvalue weighted by Crippen LogP contribution is -2.37. The van der Waals surface area contributed by atoms with Crippen molar-refractivity contribution in [2.75, 3.05) is 37.8 Å². The van der Waals surface area contributed by atoms with Crippen LogP contribution in [0.2, 0.25) is 0 Å². The molecule has 0 saturated carbocycles. The number of morpholine rings is 1. The summed E-state index contributed by atoms with van der Waals surface area (Å²) in [5.41, 5.74) is 2.53. The minimum atomic E-state index is -0.0406. The summed E-state index contributed by atoms with van der Waals surface area (Å²) in [5, 5.41) is 1.93. The van der Waals surface area contributed by atoms with Crippen LogP contribution >= 0.6 is 0 Å². The van der Waals surface area contributed by atoms with Crippen molar-refractivity contribution in [3.8, 4) is 5.75 Å². The van der Waals surface area contributed by atoms with E-state index in [1.54, 1.807) is 0 Å². The number of anilines is 1. The van der Waals surface area contributed by atoms with Gasteiger partial charge in [-0.3, -0.25) is 4.79 Å². The number of fused-ring (bicyclic) bond motifs is 2. The van der Waals surface area contributed by atoms with Gasteiger partial charge in [0.2, 0.25) is 5.95 Å². The van der Waals surface area contributed by atoms with Crippen LogP contribution in [0.25, 0.3) is 10.8 Å². The summed E-state index contributed by atoms with van der Waals surface area (Å²) >= 11 is 0. The van der Waals surface area contributed by atoms with Crippen LogP contribution in [0.1, 0.15) is 28.5 Å².